The summed E-state index contributed by atoms with van der Waals surface area (Å²) in [5.41, 5.74) is 1.07. The van der Waals surface area contributed by atoms with Crippen molar-refractivity contribution >= 4 is 5.91 Å². The summed E-state index contributed by atoms with van der Waals surface area (Å²) in [6, 6.07) is 6.88. The van der Waals surface area contributed by atoms with Gasteiger partial charge in [0.15, 0.2) is 0 Å². The minimum atomic E-state index is -0.155. The number of amides is 1. The molecule has 0 bridgehead atoms. The second-order valence-corrected chi connectivity index (χ2v) is 6.66. The minimum absolute atomic E-state index is 0.155. The van der Waals surface area contributed by atoms with Crippen molar-refractivity contribution in [3.63, 3.8) is 0 Å². The van der Waals surface area contributed by atoms with Crippen molar-refractivity contribution < 1.29 is 9.18 Å². The quantitative estimate of drug-likeness (QED) is 0.807. The van der Waals surface area contributed by atoms with E-state index in [2.05, 4.69) is 4.90 Å². The van der Waals surface area contributed by atoms with Gasteiger partial charge >= 0.3 is 0 Å². The first-order valence-electron chi connectivity index (χ1n) is 8.23. The Bertz CT molecular complexity index is 498. The van der Waals surface area contributed by atoms with Crippen molar-refractivity contribution in [3.8, 4) is 0 Å². The average Bonchev–Trinajstić information content (AvgIpc) is 3.29. The van der Waals surface area contributed by atoms with Crippen LogP contribution in [0.15, 0.2) is 24.3 Å². The molecule has 1 aliphatic carbocycles. The van der Waals surface area contributed by atoms with Gasteiger partial charge in [-0.1, -0.05) is 12.1 Å². The van der Waals surface area contributed by atoms with Gasteiger partial charge in [0.05, 0.1) is 0 Å². The zero-order valence-corrected chi connectivity index (χ0v) is 12.6. The molecule has 1 saturated heterocycles. The molecule has 1 aromatic carbocycles. The molecule has 114 valence electrons. The van der Waals surface area contributed by atoms with Crippen LogP contribution in [0.4, 0.5) is 4.39 Å². The van der Waals surface area contributed by atoms with Gasteiger partial charge in [-0.3, -0.25) is 4.79 Å². The van der Waals surface area contributed by atoms with Crippen LogP contribution in [-0.2, 0) is 11.2 Å². The van der Waals surface area contributed by atoms with Gasteiger partial charge in [-0.2, -0.15) is 0 Å². The van der Waals surface area contributed by atoms with Gasteiger partial charge in [0.2, 0.25) is 5.91 Å². The van der Waals surface area contributed by atoms with Gasteiger partial charge in [-0.15, -0.1) is 0 Å². The van der Waals surface area contributed by atoms with Crippen LogP contribution in [0.2, 0.25) is 0 Å². The van der Waals surface area contributed by atoms with Crippen LogP contribution in [0.1, 0.15) is 44.1 Å². The van der Waals surface area contributed by atoms with E-state index >= 15 is 0 Å². The van der Waals surface area contributed by atoms with Gasteiger partial charge in [0, 0.05) is 19.5 Å². The lowest BCUT2D eigenvalue weighted by Gasteiger charge is -2.33. The second-order valence-electron chi connectivity index (χ2n) is 6.66. The van der Waals surface area contributed by atoms with Crippen LogP contribution in [0.25, 0.3) is 0 Å². The zero-order chi connectivity index (χ0) is 14.7. The minimum Gasteiger partial charge on any atom is -0.342 e. The third-order valence-electron chi connectivity index (χ3n) is 4.76. The molecule has 2 aliphatic rings. The van der Waals surface area contributed by atoms with Crippen molar-refractivity contribution in [2.75, 3.05) is 13.1 Å². The maximum absolute atomic E-state index is 13.2. The van der Waals surface area contributed by atoms with E-state index in [1.807, 2.05) is 6.07 Å². The van der Waals surface area contributed by atoms with E-state index < -0.39 is 0 Å². The highest BCUT2D eigenvalue weighted by molar-refractivity contribution is 5.76. The largest absolute Gasteiger partial charge is 0.342 e. The molecule has 1 atom stereocenters. The molecule has 0 N–H and O–H groups in total. The average molecular weight is 289 g/mol. The Morgan fingerprint density at radius 3 is 2.86 bits per heavy atom. The summed E-state index contributed by atoms with van der Waals surface area (Å²) < 4.78 is 13.2. The lowest BCUT2D eigenvalue weighted by Crippen LogP contribution is -2.40. The SMILES string of the molecule is O=C(CC1CC1)N1CCC[C@H](CCc2cccc(F)c2)C1. The van der Waals surface area contributed by atoms with Crippen LogP contribution in [-0.4, -0.2) is 23.9 Å². The van der Waals surface area contributed by atoms with Gasteiger partial charge in [0.1, 0.15) is 5.82 Å². The molecule has 1 amide bonds. The number of nitrogens with zero attached hydrogens (tertiary/aromatic N) is 1. The Morgan fingerprint density at radius 2 is 2.10 bits per heavy atom. The number of aryl methyl sites for hydroxylation is 1. The molecule has 1 heterocycles. The number of piperidine rings is 1. The maximum Gasteiger partial charge on any atom is 0.222 e. The molecule has 21 heavy (non-hydrogen) atoms. The first-order chi connectivity index (χ1) is 10.2. The number of likely N-dealkylation sites (tertiary alicyclic amines) is 1. The first kappa shape index (κ1) is 14.6. The predicted octanol–water partition coefficient (Wildman–Crippen LogP) is 3.80. The van der Waals surface area contributed by atoms with Crippen molar-refractivity contribution in [1.82, 2.24) is 4.90 Å². The van der Waals surface area contributed by atoms with Crippen molar-refractivity contribution in [2.24, 2.45) is 11.8 Å². The van der Waals surface area contributed by atoms with Gasteiger partial charge in [-0.25, -0.2) is 4.39 Å². The van der Waals surface area contributed by atoms with E-state index in [-0.39, 0.29) is 5.82 Å². The number of hydrogen-bond donors (Lipinski definition) is 0. The van der Waals surface area contributed by atoms with E-state index in [4.69, 9.17) is 0 Å². The lowest BCUT2D eigenvalue weighted by atomic mass is 9.91. The molecule has 2 fully saturated rings. The van der Waals surface area contributed by atoms with Gasteiger partial charge in [0.25, 0.3) is 0 Å². The van der Waals surface area contributed by atoms with Crippen molar-refractivity contribution in [1.29, 1.82) is 0 Å². The Labute approximate surface area is 126 Å². The second kappa shape index (κ2) is 6.59. The summed E-state index contributed by atoms with van der Waals surface area (Å²) >= 11 is 0. The summed E-state index contributed by atoms with van der Waals surface area (Å²) in [7, 11) is 0. The van der Waals surface area contributed by atoms with Gasteiger partial charge in [-0.05, 0) is 68.1 Å². The molecular weight excluding hydrogens is 265 g/mol. The van der Waals surface area contributed by atoms with Crippen molar-refractivity contribution in [3.05, 3.63) is 35.6 Å². The molecule has 3 heteroatoms. The molecule has 3 rings (SSSR count). The lowest BCUT2D eigenvalue weighted by molar-refractivity contribution is -0.133. The first-order valence-corrected chi connectivity index (χ1v) is 8.23. The smallest absolute Gasteiger partial charge is 0.222 e. The molecule has 1 saturated carbocycles. The van der Waals surface area contributed by atoms with E-state index in [1.165, 1.54) is 25.3 Å². The van der Waals surface area contributed by atoms with E-state index in [0.717, 1.165) is 44.3 Å². The molecule has 0 spiro atoms. The monoisotopic (exact) mass is 289 g/mol. The summed E-state index contributed by atoms with van der Waals surface area (Å²) in [4.78, 5) is 14.3. The fourth-order valence-corrected chi connectivity index (χ4v) is 3.29. The van der Waals surface area contributed by atoms with Crippen LogP contribution >= 0.6 is 0 Å². The number of carbonyl (C=O) groups is 1. The van der Waals surface area contributed by atoms with Gasteiger partial charge < -0.3 is 4.90 Å². The molecule has 1 aliphatic heterocycles. The van der Waals surface area contributed by atoms with Crippen LogP contribution in [0.3, 0.4) is 0 Å². The molecule has 1 aromatic rings. The molecule has 0 aromatic heterocycles. The van der Waals surface area contributed by atoms with Crippen LogP contribution in [0, 0.1) is 17.7 Å². The summed E-state index contributed by atoms with van der Waals surface area (Å²) in [5, 5.41) is 0. The van der Waals surface area contributed by atoms with E-state index in [1.54, 1.807) is 12.1 Å². The van der Waals surface area contributed by atoms with E-state index in [9.17, 15) is 9.18 Å². The van der Waals surface area contributed by atoms with Crippen LogP contribution in [0.5, 0.6) is 0 Å². The predicted molar refractivity (Wildman–Crippen MR) is 81.4 cm³/mol. The molecule has 0 unspecified atom stereocenters. The summed E-state index contributed by atoms with van der Waals surface area (Å²) in [6.07, 6.45) is 7.51. The van der Waals surface area contributed by atoms with Crippen molar-refractivity contribution in [2.45, 2.75) is 44.9 Å². The Hall–Kier alpha value is -1.38. The number of benzene rings is 1. The topological polar surface area (TPSA) is 20.3 Å². The van der Waals surface area contributed by atoms with Crippen LogP contribution < -0.4 is 0 Å². The highest BCUT2D eigenvalue weighted by atomic mass is 19.1. The van der Waals surface area contributed by atoms with E-state index in [0.29, 0.717) is 17.7 Å². The number of carbonyl (C=O) groups excluding carboxylic acids is 1. The Kier molecular flexibility index (Phi) is 4.57. The third kappa shape index (κ3) is 4.29. The molecule has 2 nitrogen and oxygen atoms in total. The normalized spacial score (nSPS) is 22.3. The summed E-state index contributed by atoms with van der Waals surface area (Å²) in [6.45, 7) is 1.84. The molecule has 0 radical (unpaired) electrons. The highest BCUT2D eigenvalue weighted by Gasteiger charge is 2.29. The fourth-order valence-electron chi connectivity index (χ4n) is 3.29. The number of rotatable bonds is 5. The summed E-state index contributed by atoms with van der Waals surface area (Å²) in [5.74, 6) is 1.45. The highest BCUT2D eigenvalue weighted by Crippen LogP contribution is 2.33. The molecular formula is C18H24FNO. The maximum atomic E-state index is 13.2. The Balaban J connectivity index is 1.47. The number of halogens is 1. The zero-order valence-electron chi connectivity index (χ0n) is 12.6. The standard InChI is InChI=1S/C18H24FNO/c19-17-5-1-3-14(11-17)8-9-16-4-2-10-20(13-16)18(21)12-15-6-7-15/h1,3,5,11,15-16H,2,4,6-10,12-13H2/t16-/m1/s1. The number of hydrogen-bond acceptors (Lipinski definition) is 1. The fraction of sp³-hybridized carbons (Fsp3) is 0.611. The third-order valence-corrected chi connectivity index (χ3v) is 4.76. The Morgan fingerprint density at radius 1 is 1.24 bits per heavy atom.